The molecule has 29 heavy (non-hydrogen) atoms. The molecule has 7 nitrogen and oxygen atoms in total. The highest BCUT2D eigenvalue weighted by Crippen LogP contribution is 2.38. The van der Waals surface area contributed by atoms with Crippen molar-refractivity contribution in [3.63, 3.8) is 0 Å². The van der Waals surface area contributed by atoms with Crippen LogP contribution in [0.25, 0.3) is 11.3 Å². The molecular formula is C20H19N3O4S2. The van der Waals surface area contributed by atoms with E-state index in [0.717, 1.165) is 5.56 Å². The number of rotatable bonds is 8. The summed E-state index contributed by atoms with van der Waals surface area (Å²) in [4.78, 5) is 28.6. The van der Waals surface area contributed by atoms with E-state index in [1.54, 1.807) is 25.3 Å². The molecule has 3 rings (SSSR count). The third-order valence-electron chi connectivity index (χ3n) is 3.87. The van der Waals surface area contributed by atoms with Crippen LogP contribution in [0.2, 0.25) is 0 Å². The molecule has 0 bridgehead atoms. The van der Waals surface area contributed by atoms with Crippen molar-refractivity contribution >= 4 is 39.9 Å². The number of benzene rings is 2. The molecule has 0 saturated heterocycles. The Labute approximate surface area is 176 Å². The summed E-state index contributed by atoms with van der Waals surface area (Å²) in [6.45, 7) is 0. The highest BCUT2D eigenvalue weighted by molar-refractivity contribution is 8.01. The molecular weight excluding hydrogens is 410 g/mol. The molecule has 2 aromatic carbocycles. The molecule has 1 aromatic heterocycles. The van der Waals surface area contributed by atoms with Gasteiger partial charge in [0, 0.05) is 11.6 Å². The molecule has 0 unspecified atom stereocenters. The van der Waals surface area contributed by atoms with E-state index < -0.39 is 5.91 Å². The number of nitrogens with zero attached hydrogens (tertiary/aromatic N) is 1. The van der Waals surface area contributed by atoms with E-state index >= 15 is 0 Å². The molecule has 0 spiro atoms. The maximum absolute atomic E-state index is 12.9. The number of carbonyl (C=O) groups excluding carboxylic acids is 2. The van der Waals surface area contributed by atoms with Gasteiger partial charge < -0.3 is 20.5 Å². The van der Waals surface area contributed by atoms with Crippen LogP contribution in [0.5, 0.6) is 11.5 Å². The van der Waals surface area contributed by atoms with Gasteiger partial charge in [-0.15, -0.1) is 0 Å². The number of nitrogens with one attached hydrogen (secondary N) is 1. The van der Waals surface area contributed by atoms with Gasteiger partial charge in [-0.3, -0.25) is 9.59 Å². The summed E-state index contributed by atoms with van der Waals surface area (Å²) in [6, 6.07) is 14.5. The van der Waals surface area contributed by atoms with Gasteiger partial charge in [0.1, 0.15) is 22.2 Å². The summed E-state index contributed by atoms with van der Waals surface area (Å²) in [7, 11) is 3.04. The van der Waals surface area contributed by atoms with Crippen LogP contribution in [0.15, 0.2) is 52.9 Å². The Bertz CT molecular complexity index is 1020. The van der Waals surface area contributed by atoms with Gasteiger partial charge in [-0.2, -0.15) is 0 Å². The summed E-state index contributed by atoms with van der Waals surface area (Å²) in [5, 5.41) is 3.49. The normalized spacial score (nSPS) is 10.4. The number of nitrogens with two attached hydrogens (primary N) is 1. The third kappa shape index (κ3) is 5.07. The quantitative estimate of drug-likeness (QED) is 0.530. The van der Waals surface area contributed by atoms with Crippen molar-refractivity contribution in [1.29, 1.82) is 0 Å². The largest absolute Gasteiger partial charge is 0.497 e. The van der Waals surface area contributed by atoms with Crippen LogP contribution < -0.4 is 20.5 Å². The maximum Gasteiger partial charge on any atom is 0.260 e. The van der Waals surface area contributed by atoms with Gasteiger partial charge in [-0.25, -0.2) is 4.98 Å². The first-order valence-electron chi connectivity index (χ1n) is 8.52. The smallest absolute Gasteiger partial charge is 0.260 e. The number of hydrogen-bond acceptors (Lipinski definition) is 7. The van der Waals surface area contributed by atoms with Gasteiger partial charge in [-0.05, 0) is 12.1 Å². The molecule has 9 heteroatoms. The minimum Gasteiger partial charge on any atom is -0.497 e. The van der Waals surface area contributed by atoms with Crippen molar-refractivity contribution < 1.29 is 19.1 Å². The van der Waals surface area contributed by atoms with Gasteiger partial charge in [-0.1, -0.05) is 53.4 Å². The van der Waals surface area contributed by atoms with Crippen LogP contribution in [0.4, 0.5) is 5.00 Å². The van der Waals surface area contributed by atoms with Crippen molar-refractivity contribution in [2.24, 2.45) is 5.73 Å². The van der Waals surface area contributed by atoms with Crippen LogP contribution in [-0.2, 0) is 4.79 Å². The average molecular weight is 430 g/mol. The number of carbonyl (C=O) groups is 2. The van der Waals surface area contributed by atoms with Crippen LogP contribution in [-0.4, -0.2) is 36.8 Å². The number of ether oxygens (including phenoxy) is 2. The summed E-state index contributed by atoms with van der Waals surface area (Å²) >= 11 is 2.52. The Kier molecular flexibility index (Phi) is 6.73. The Morgan fingerprint density at radius 2 is 1.90 bits per heavy atom. The molecule has 1 heterocycles. The average Bonchev–Trinajstić information content (AvgIpc) is 3.14. The lowest BCUT2D eigenvalue weighted by Gasteiger charge is -2.10. The number of aromatic nitrogens is 1. The molecule has 3 aromatic rings. The van der Waals surface area contributed by atoms with Crippen molar-refractivity contribution in [3.8, 4) is 22.8 Å². The van der Waals surface area contributed by atoms with Gasteiger partial charge in [0.05, 0.1) is 25.5 Å². The number of thioether (sulfide) groups is 1. The Hall–Kier alpha value is -3.04. The molecule has 0 fully saturated rings. The molecule has 0 aliphatic rings. The van der Waals surface area contributed by atoms with E-state index in [1.807, 2.05) is 30.3 Å². The highest BCUT2D eigenvalue weighted by atomic mass is 32.2. The van der Waals surface area contributed by atoms with E-state index in [9.17, 15) is 9.59 Å². The Balaban J connectivity index is 1.93. The maximum atomic E-state index is 12.9. The topological polar surface area (TPSA) is 104 Å². The predicted molar refractivity (Wildman–Crippen MR) is 115 cm³/mol. The molecule has 0 aliphatic heterocycles. The van der Waals surface area contributed by atoms with Crippen LogP contribution in [0, 0.1) is 0 Å². The van der Waals surface area contributed by atoms with Crippen molar-refractivity contribution in [1.82, 2.24) is 4.98 Å². The van der Waals surface area contributed by atoms with Crippen molar-refractivity contribution in [2.75, 3.05) is 25.3 Å². The standard InChI is InChI=1S/C20H19N3O4S2/c1-26-13-8-9-14(15(10-13)27-2)18(25)23-19-17(12-6-4-3-5-7-12)22-20(29-19)28-11-16(21)24/h3-10H,11H2,1-2H3,(H2,21,24)(H,23,25). The third-order valence-corrected chi connectivity index (χ3v) is 6.01. The van der Waals surface area contributed by atoms with Gasteiger partial charge >= 0.3 is 0 Å². The van der Waals surface area contributed by atoms with Gasteiger partial charge in [0.2, 0.25) is 5.91 Å². The summed E-state index contributed by atoms with van der Waals surface area (Å²) in [5.74, 6) is 0.334. The fourth-order valence-corrected chi connectivity index (χ4v) is 4.33. The number of primary amides is 1. The van der Waals surface area contributed by atoms with Crippen molar-refractivity contribution in [2.45, 2.75) is 4.34 Å². The van der Waals surface area contributed by atoms with Crippen LogP contribution in [0.1, 0.15) is 10.4 Å². The zero-order chi connectivity index (χ0) is 20.8. The number of methoxy groups -OCH3 is 2. The predicted octanol–water partition coefficient (Wildman–Crippen LogP) is 3.66. The second-order valence-corrected chi connectivity index (χ2v) is 8.02. The van der Waals surface area contributed by atoms with Gasteiger partial charge in [0.25, 0.3) is 5.91 Å². The number of anilines is 1. The molecule has 0 saturated carbocycles. The first-order valence-corrected chi connectivity index (χ1v) is 10.3. The first kappa shape index (κ1) is 20.7. The summed E-state index contributed by atoms with van der Waals surface area (Å²) in [5.41, 5.74) is 7.08. The Morgan fingerprint density at radius 1 is 1.14 bits per heavy atom. The Morgan fingerprint density at radius 3 is 2.55 bits per heavy atom. The zero-order valence-corrected chi connectivity index (χ0v) is 17.4. The molecule has 150 valence electrons. The minimum atomic E-state index is -0.431. The fourth-order valence-electron chi connectivity index (χ4n) is 2.53. The molecule has 0 aliphatic carbocycles. The number of hydrogen-bond donors (Lipinski definition) is 2. The lowest BCUT2D eigenvalue weighted by atomic mass is 10.1. The summed E-state index contributed by atoms with van der Waals surface area (Å²) in [6.07, 6.45) is 0. The van der Waals surface area contributed by atoms with E-state index in [2.05, 4.69) is 10.3 Å². The first-order chi connectivity index (χ1) is 14.0. The zero-order valence-electron chi connectivity index (χ0n) is 15.8. The van der Waals surface area contributed by atoms with Crippen LogP contribution in [0.3, 0.4) is 0 Å². The monoisotopic (exact) mass is 429 g/mol. The molecule has 3 N–H and O–H groups in total. The van der Waals surface area contributed by atoms with E-state index in [-0.39, 0.29) is 11.7 Å². The molecule has 2 amide bonds. The molecule has 0 radical (unpaired) electrons. The minimum absolute atomic E-state index is 0.113. The second-order valence-electron chi connectivity index (χ2n) is 5.80. The van der Waals surface area contributed by atoms with E-state index in [0.29, 0.717) is 32.1 Å². The lowest BCUT2D eigenvalue weighted by molar-refractivity contribution is -0.115. The van der Waals surface area contributed by atoms with E-state index in [1.165, 1.54) is 30.2 Å². The molecule has 0 atom stereocenters. The van der Waals surface area contributed by atoms with Gasteiger partial charge in [0.15, 0.2) is 4.34 Å². The fraction of sp³-hybridized carbons (Fsp3) is 0.150. The summed E-state index contributed by atoms with van der Waals surface area (Å²) < 4.78 is 11.1. The number of amides is 2. The highest BCUT2D eigenvalue weighted by Gasteiger charge is 2.19. The number of thiazole rings is 1. The van der Waals surface area contributed by atoms with Crippen molar-refractivity contribution in [3.05, 3.63) is 54.1 Å². The van der Waals surface area contributed by atoms with Crippen LogP contribution >= 0.6 is 23.1 Å². The SMILES string of the molecule is COc1ccc(C(=O)Nc2sc(SCC(N)=O)nc2-c2ccccc2)c(OC)c1. The van der Waals surface area contributed by atoms with E-state index in [4.69, 9.17) is 15.2 Å². The second kappa shape index (κ2) is 9.44. The lowest BCUT2D eigenvalue weighted by Crippen LogP contribution is -2.13.